The van der Waals surface area contributed by atoms with Crippen molar-refractivity contribution in [2.75, 3.05) is 68.7 Å². The van der Waals surface area contributed by atoms with Gasteiger partial charge in [0.25, 0.3) is 5.91 Å². The molecule has 8 heteroatoms. The highest BCUT2D eigenvalue weighted by molar-refractivity contribution is 6.02. The van der Waals surface area contributed by atoms with Crippen molar-refractivity contribution in [2.45, 2.75) is 58.3 Å². The van der Waals surface area contributed by atoms with Gasteiger partial charge >= 0.3 is 0 Å². The maximum Gasteiger partial charge on any atom is 0.253 e. The van der Waals surface area contributed by atoms with Gasteiger partial charge in [0.15, 0.2) is 0 Å². The maximum atomic E-state index is 13.3. The number of amides is 2. The number of unbranched alkanes of at least 4 members (excludes halogenated alkanes) is 5. The third-order valence-corrected chi connectivity index (χ3v) is 7.14. The first-order valence-corrected chi connectivity index (χ1v) is 14.4. The lowest BCUT2D eigenvalue weighted by atomic mass is 10.1. The molecule has 39 heavy (non-hydrogen) atoms. The summed E-state index contributed by atoms with van der Waals surface area (Å²) >= 11 is 0. The first kappa shape index (κ1) is 30.3. The summed E-state index contributed by atoms with van der Waals surface area (Å²) in [6.45, 7) is 6.49. The van der Waals surface area contributed by atoms with Gasteiger partial charge in [0.1, 0.15) is 5.75 Å². The predicted octanol–water partition coefficient (Wildman–Crippen LogP) is 5.48. The van der Waals surface area contributed by atoms with E-state index in [1.165, 1.54) is 25.7 Å². The third-order valence-electron chi connectivity index (χ3n) is 7.14. The first-order valence-electron chi connectivity index (χ1n) is 14.4. The molecule has 3 rings (SSSR count). The molecule has 1 fully saturated rings. The number of rotatable bonds is 16. The smallest absolute Gasteiger partial charge is 0.253 e. The highest BCUT2D eigenvalue weighted by Gasteiger charge is 2.23. The minimum atomic E-state index is -0.139. The molecule has 1 aliphatic heterocycles. The van der Waals surface area contributed by atoms with E-state index in [1.54, 1.807) is 14.2 Å². The van der Waals surface area contributed by atoms with E-state index < -0.39 is 0 Å². The number of ether oxygens (including phenoxy) is 2. The molecule has 0 bridgehead atoms. The van der Waals surface area contributed by atoms with Crippen LogP contribution in [0.1, 0.15) is 68.6 Å². The van der Waals surface area contributed by atoms with Gasteiger partial charge < -0.3 is 29.9 Å². The van der Waals surface area contributed by atoms with Gasteiger partial charge in [0.2, 0.25) is 5.91 Å². The van der Waals surface area contributed by atoms with Gasteiger partial charge in [-0.05, 0) is 43.2 Å². The molecule has 0 saturated carbocycles. The van der Waals surface area contributed by atoms with Crippen LogP contribution in [0.3, 0.4) is 0 Å². The molecule has 1 heterocycles. The summed E-state index contributed by atoms with van der Waals surface area (Å²) in [5.41, 5.74) is 3.20. The Morgan fingerprint density at radius 3 is 2.26 bits per heavy atom. The number of carbonyl (C=O) groups excluding carboxylic acids is 2. The lowest BCUT2D eigenvalue weighted by Gasteiger charge is -2.38. The van der Waals surface area contributed by atoms with Gasteiger partial charge in [0, 0.05) is 64.2 Å². The number of hydrogen-bond acceptors (Lipinski definition) is 6. The number of methoxy groups -OCH3 is 2. The molecule has 0 atom stereocenters. The van der Waals surface area contributed by atoms with Crippen molar-refractivity contribution in [1.29, 1.82) is 0 Å². The van der Waals surface area contributed by atoms with Crippen LogP contribution in [0, 0.1) is 0 Å². The van der Waals surface area contributed by atoms with E-state index in [0.29, 0.717) is 30.8 Å². The number of piperazine rings is 1. The average molecular weight is 539 g/mol. The second kappa shape index (κ2) is 16.6. The van der Waals surface area contributed by atoms with Crippen LogP contribution >= 0.6 is 0 Å². The highest BCUT2D eigenvalue weighted by Crippen LogP contribution is 2.31. The van der Waals surface area contributed by atoms with Gasteiger partial charge in [-0.1, -0.05) is 51.2 Å². The van der Waals surface area contributed by atoms with Crippen LogP contribution in [0.5, 0.6) is 5.75 Å². The van der Waals surface area contributed by atoms with Gasteiger partial charge in [-0.25, -0.2) is 0 Å². The average Bonchev–Trinajstić information content (AvgIpc) is 2.97. The molecule has 2 aromatic rings. The summed E-state index contributed by atoms with van der Waals surface area (Å²) < 4.78 is 10.7. The largest absolute Gasteiger partial charge is 0.495 e. The topological polar surface area (TPSA) is 83.1 Å². The number of carbonyl (C=O) groups is 2. The number of para-hydroxylation sites is 2. The zero-order chi connectivity index (χ0) is 27.9. The summed E-state index contributed by atoms with van der Waals surface area (Å²) in [6, 6.07) is 13.7. The number of hydrogen-bond donors (Lipinski definition) is 2. The van der Waals surface area contributed by atoms with Crippen LogP contribution in [0.4, 0.5) is 17.1 Å². The molecule has 214 valence electrons. The van der Waals surface area contributed by atoms with E-state index in [2.05, 4.69) is 33.4 Å². The predicted molar refractivity (Wildman–Crippen MR) is 159 cm³/mol. The fourth-order valence-corrected chi connectivity index (χ4v) is 4.95. The zero-order valence-corrected chi connectivity index (χ0v) is 24.0. The summed E-state index contributed by atoms with van der Waals surface area (Å²) in [4.78, 5) is 30.4. The molecule has 2 amide bonds. The molecule has 2 N–H and O–H groups in total. The SMILES string of the molecule is CCCCCCCCC(=O)Nc1ccc(N2CCN(c3ccccc3OC)CC2)c(C(=O)NCCCOC)c1. The van der Waals surface area contributed by atoms with Crippen molar-refractivity contribution in [3.05, 3.63) is 48.0 Å². The van der Waals surface area contributed by atoms with E-state index in [-0.39, 0.29) is 11.8 Å². The van der Waals surface area contributed by atoms with Crippen molar-refractivity contribution in [1.82, 2.24) is 5.32 Å². The van der Waals surface area contributed by atoms with E-state index in [9.17, 15) is 9.59 Å². The molecule has 0 radical (unpaired) electrons. The van der Waals surface area contributed by atoms with Gasteiger partial charge in [0.05, 0.1) is 18.4 Å². The lowest BCUT2D eigenvalue weighted by Crippen LogP contribution is -2.47. The molecule has 0 spiro atoms. The normalized spacial score (nSPS) is 13.3. The van der Waals surface area contributed by atoms with Crippen molar-refractivity contribution in [3.8, 4) is 5.75 Å². The zero-order valence-electron chi connectivity index (χ0n) is 24.0. The van der Waals surface area contributed by atoms with Gasteiger partial charge in [-0.2, -0.15) is 0 Å². The van der Waals surface area contributed by atoms with Gasteiger partial charge in [-0.15, -0.1) is 0 Å². The Bertz CT molecular complexity index is 1040. The second-order valence-electron chi connectivity index (χ2n) is 10.0. The second-order valence-corrected chi connectivity index (χ2v) is 10.0. The number of nitrogens with one attached hydrogen (secondary N) is 2. The monoisotopic (exact) mass is 538 g/mol. The Hall–Kier alpha value is -3.26. The van der Waals surface area contributed by atoms with Crippen LogP contribution in [-0.4, -0.2) is 65.4 Å². The Morgan fingerprint density at radius 2 is 1.54 bits per heavy atom. The molecule has 8 nitrogen and oxygen atoms in total. The van der Waals surface area contributed by atoms with Crippen LogP contribution in [0.25, 0.3) is 0 Å². The molecule has 1 saturated heterocycles. The van der Waals surface area contributed by atoms with E-state index in [4.69, 9.17) is 9.47 Å². The van der Waals surface area contributed by atoms with Crippen molar-refractivity contribution in [2.24, 2.45) is 0 Å². The summed E-state index contributed by atoms with van der Waals surface area (Å²) in [7, 11) is 3.35. The Kier molecular flexibility index (Phi) is 12.9. The van der Waals surface area contributed by atoms with Crippen LogP contribution in [0.15, 0.2) is 42.5 Å². The van der Waals surface area contributed by atoms with E-state index in [0.717, 1.165) is 62.6 Å². The fraction of sp³-hybridized carbons (Fsp3) is 0.548. The molecule has 2 aromatic carbocycles. The van der Waals surface area contributed by atoms with Crippen LogP contribution in [-0.2, 0) is 9.53 Å². The molecular formula is C31H46N4O4. The van der Waals surface area contributed by atoms with Gasteiger partial charge in [-0.3, -0.25) is 9.59 Å². The fourth-order valence-electron chi connectivity index (χ4n) is 4.95. The molecule has 1 aliphatic rings. The standard InChI is InChI=1S/C31H46N4O4/c1-4-5-6-7-8-9-15-30(36)33-25-16-17-27(26(24-25)31(37)32-18-12-23-38-2)34-19-21-35(22-20-34)28-13-10-11-14-29(28)39-3/h10-11,13-14,16-17,24H,4-9,12,15,18-23H2,1-3H3,(H,32,37)(H,33,36). The number of anilines is 3. The third kappa shape index (κ3) is 9.46. The lowest BCUT2D eigenvalue weighted by molar-refractivity contribution is -0.116. The molecule has 0 aliphatic carbocycles. The minimum absolute atomic E-state index is 0.00452. The maximum absolute atomic E-state index is 13.3. The van der Waals surface area contributed by atoms with E-state index >= 15 is 0 Å². The Balaban J connectivity index is 1.67. The quantitative estimate of drug-likeness (QED) is 0.276. The first-order chi connectivity index (χ1) is 19.1. The molecular weight excluding hydrogens is 492 g/mol. The molecule has 0 unspecified atom stereocenters. The van der Waals surface area contributed by atoms with Crippen molar-refractivity contribution in [3.63, 3.8) is 0 Å². The van der Waals surface area contributed by atoms with Crippen molar-refractivity contribution < 1.29 is 19.1 Å². The summed E-state index contributed by atoms with van der Waals surface area (Å²) in [5, 5.41) is 6.02. The highest BCUT2D eigenvalue weighted by atomic mass is 16.5. The minimum Gasteiger partial charge on any atom is -0.495 e. The van der Waals surface area contributed by atoms with Crippen LogP contribution < -0.4 is 25.2 Å². The number of benzene rings is 2. The Morgan fingerprint density at radius 1 is 0.846 bits per heavy atom. The van der Waals surface area contributed by atoms with Crippen molar-refractivity contribution >= 4 is 28.9 Å². The Labute approximate surface area is 234 Å². The number of nitrogens with zero attached hydrogens (tertiary/aromatic N) is 2. The molecule has 0 aromatic heterocycles. The summed E-state index contributed by atoms with van der Waals surface area (Å²) in [5.74, 6) is 0.721. The summed E-state index contributed by atoms with van der Waals surface area (Å²) in [6.07, 6.45) is 8.07. The van der Waals surface area contributed by atoms with Crippen LogP contribution in [0.2, 0.25) is 0 Å². The van der Waals surface area contributed by atoms with E-state index in [1.807, 2.05) is 36.4 Å².